The summed E-state index contributed by atoms with van der Waals surface area (Å²) in [5.74, 6) is 0.322. The van der Waals surface area contributed by atoms with E-state index in [1.54, 1.807) is 11.3 Å². The van der Waals surface area contributed by atoms with Gasteiger partial charge < -0.3 is 0 Å². The highest BCUT2D eigenvalue weighted by molar-refractivity contribution is 7.14. The van der Waals surface area contributed by atoms with Crippen LogP contribution in [0.2, 0.25) is 0 Å². The highest BCUT2D eigenvalue weighted by Gasteiger charge is 2.07. The zero-order valence-electron chi connectivity index (χ0n) is 9.01. The van der Waals surface area contributed by atoms with Crippen LogP contribution in [0.15, 0.2) is 12.1 Å². The lowest BCUT2D eigenvalue weighted by Crippen LogP contribution is -1.94. The Morgan fingerprint density at radius 1 is 1.29 bits per heavy atom. The van der Waals surface area contributed by atoms with Gasteiger partial charge in [0, 0.05) is 11.3 Å². The molecule has 0 aliphatic heterocycles. The summed E-state index contributed by atoms with van der Waals surface area (Å²) in [7, 11) is 0. The van der Waals surface area contributed by atoms with Gasteiger partial charge in [-0.25, -0.2) is 0 Å². The average Bonchev–Trinajstić information content (AvgIpc) is 2.66. The summed E-state index contributed by atoms with van der Waals surface area (Å²) in [4.78, 5) is 13.9. The van der Waals surface area contributed by atoms with E-state index in [4.69, 9.17) is 0 Å². The molecule has 0 radical (unpaired) electrons. The molecule has 0 bridgehead atoms. The third kappa shape index (κ3) is 3.26. The Morgan fingerprint density at radius 3 is 2.64 bits per heavy atom. The van der Waals surface area contributed by atoms with Crippen LogP contribution in [-0.2, 0) is 6.42 Å². The molecule has 1 aromatic rings. The van der Waals surface area contributed by atoms with E-state index in [1.165, 1.54) is 11.3 Å². The molecule has 1 aromatic heterocycles. The number of carbonyl (C=O) groups is 1. The lowest BCUT2D eigenvalue weighted by molar-refractivity contribution is 0.0983. The molecular weight excluding hydrogens is 192 g/mol. The van der Waals surface area contributed by atoms with E-state index >= 15 is 0 Å². The predicted octanol–water partition coefficient (Wildman–Crippen LogP) is 4.07. The lowest BCUT2D eigenvalue weighted by Gasteiger charge is -1.96. The van der Waals surface area contributed by atoms with Gasteiger partial charge in [-0.2, -0.15) is 0 Å². The first-order valence-corrected chi connectivity index (χ1v) is 6.21. The van der Waals surface area contributed by atoms with Crippen molar-refractivity contribution >= 4 is 17.1 Å². The Hall–Kier alpha value is -0.630. The van der Waals surface area contributed by atoms with Gasteiger partial charge in [0.05, 0.1) is 4.88 Å². The zero-order chi connectivity index (χ0) is 10.4. The third-order valence-corrected chi connectivity index (χ3v) is 3.56. The topological polar surface area (TPSA) is 17.1 Å². The normalized spacial score (nSPS) is 10.4. The maximum absolute atomic E-state index is 11.7. The number of hydrogen-bond donors (Lipinski definition) is 0. The summed E-state index contributed by atoms with van der Waals surface area (Å²) in [6.45, 7) is 4.28. The largest absolute Gasteiger partial charge is 0.293 e. The second kappa shape index (κ2) is 5.97. The smallest absolute Gasteiger partial charge is 0.172 e. The van der Waals surface area contributed by atoms with Gasteiger partial charge in [-0.15, -0.1) is 11.3 Å². The standard InChI is InChI=1S/C12H18OS/c1-3-5-6-7-11(13)12-9-8-10(4-2)14-12/h8-9H,3-7H2,1-2H3. The molecule has 78 valence electrons. The van der Waals surface area contributed by atoms with Crippen LogP contribution in [0.25, 0.3) is 0 Å². The molecule has 0 atom stereocenters. The fourth-order valence-corrected chi connectivity index (χ4v) is 2.29. The van der Waals surface area contributed by atoms with E-state index in [0.717, 1.165) is 30.6 Å². The number of ketones is 1. The molecule has 0 amide bonds. The van der Waals surface area contributed by atoms with Crippen molar-refractivity contribution in [3.8, 4) is 0 Å². The summed E-state index contributed by atoms with van der Waals surface area (Å²) < 4.78 is 0. The van der Waals surface area contributed by atoms with Crippen molar-refractivity contribution in [2.75, 3.05) is 0 Å². The van der Waals surface area contributed by atoms with Gasteiger partial charge in [0.2, 0.25) is 0 Å². The minimum Gasteiger partial charge on any atom is -0.293 e. The molecule has 1 nitrogen and oxygen atoms in total. The van der Waals surface area contributed by atoms with Gasteiger partial charge in [0.1, 0.15) is 0 Å². The molecule has 2 heteroatoms. The SMILES string of the molecule is CCCCCC(=O)c1ccc(CC)s1. The van der Waals surface area contributed by atoms with Gasteiger partial charge in [-0.1, -0.05) is 26.7 Å². The Kier molecular flexibility index (Phi) is 4.88. The number of Topliss-reactive ketones (excluding diaryl/α,β-unsaturated/α-hetero) is 1. The van der Waals surface area contributed by atoms with Crippen LogP contribution in [-0.4, -0.2) is 5.78 Å². The number of thiophene rings is 1. The first kappa shape index (κ1) is 11.4. The van der Waals surface area contributed by atoms with E-state index in [0.29, 0.717) is 5.78 Å². The van der Waals surface area contributed by atoms with Gasteiger partial charge in [0.25, 0.3) is 0 Å². The van der Waals surface area contributed by atoms with E-state index in [9.17, 15) is 4.79 Å². The summed E-state index contributed by atoms with van der Waals surface area (Å²) in [6.07, 6.45) is 5.13. The first-order chi connectivity index (χ1) is 6.77. The van der Waals surface area contributed by atoms with Crippen molar-refractivity contribution in [3.05, 3.63) is 21.9 Å². The van der Waals surface area contributed by atoms with Crippen molar-refractivity contribution in [2.45, 2.75) is 46.0 Å². The zero-order valence-corrected chi connectivity index (χ0v) is 9.82. The molecule has 14 heavy (non-hydrogen) atoms. The Morgan fingerprint density at radius 2 is 2.07 bits per heavy atom. The maximum atomic E-state index is 11.7. The second-order valence-electron chi connectivity index (χ2n) is 3.50. The average molecular weight is 210 g/mol. The summed E-state index contributed by atoms with van der Waals surface area (Å²) in [5, 5.41) is 0. The van der Waals surface area contributed by atoms with Crippen LogP contribution >= 0.6 is 11.3 Å². The summed E-state index contributed by atoms with van der Waals surface area (Å²) >= 11 is 1.65. The fourth-order valence-electron chi connectivity index (χ4n) is 1.38. The quantitative estimate of drug-likeness (QED) is 0.511. The number of unbranched alkanes of at least 4 members (excludes halogenated alkanes) is 2. The highest BCUT2D eigenvalue weighted by atomic mass is 32.1. The van der Waals surface area contributed by atoms with Gasteiger partial charge >= 0.3 is 0 Å². The van der Waals surface area contributed by atoms with E-state index < -0.39 is 0 Å². The maximum Gasteiger partial charge on any atom is 0.172 e. The van der Waals surface area contributed by atoms with Crippen LogP contribution in [0.5, 0.6) is 0 Å². The van der Waals surface area contributed by atoms with Crippen LogP contribution in [0.1, 0.15) is 54.1 Å². The molecule has 0 N–H and O–H groups in total. The van der Waals surface area contributed by atoms with Gasteiger partial charge in [-0.3, -0.25) is 4.79 Å². The number of aryl methyl sites for hydroxylation is 1. The Labute approximate surface area is 90.2 Å². The molecule has 0 aliphatic rings. The van der Waals surface area contributed by atoms with Crippen LogP contribution < -0.4 is 0 Å². The third-order valence-electron chi connectivity index (χ3n) is 2.29. The molecule has 0 aliphatic carbocycles. The molecule has 0 saturated carbocycles. The minimum atomic E-state index is 0.322. The highest BCUT2D eigenvalue weighted by Crippen LogP contribution is 2.19. The van der Waals surface area contributed by atoms with Crippen molar-refractivity contribution < 1.29 is 4.79 Å². The molecule has 1 rings (SSSR count). The molecular formula is C12H18OS. The Balaban J connectivity index is 2.44. The Bertz CT molecular complexity index is 288. The lowest BCUT2D eigenvalue weighted by atomic mass is 10.1. The van der Waals surface area contributed by atoms with Gasteiger partial charge in [-0.05, 0) is 25.0 Å². The second-order valence-corrected chi connectivity index (χ2v) is 4.67. The van der Waals surface area contributed by atoms with Crippen molar-refractivity contribution in [2.24, 2.45) is 0 Å². The molecule has 0 unspecified atom stereocenters. The molecule has 0 fully saturated rings. The molecule has 0 aromatic carbocycles. The van der Waals surface area contributed by atoms with Crippen molar-refractivity contribution in [3.63, 3.8) is 0 Å². The van der Waals surface area contributed by atoms with E-state index in [-0.39, 0.29) is 0 Å². The van der Waals surface area contributed by atoms with E-state index in [2.05, 4.69) is 19.9 Å². The molecule has 1 heterocycles. The van der Waals surface area contributed by atoms with Crippen LogP contribution in [0.3, 0.4) is 0 Å². The van der Waals surface area contributed by atoms with Crippen molar-refractivity contribution in [1.29, 1.82) is 0 Å². The summed E-state index contributed by atoms with van der Waals surface area (Å²) in [6, 6.07) is 4.04. The predicted molar refractivity (Wildman–Crippen MR) is 62.2 cm³/mol. The fraction of sp³-hybridized carbons (Fsp3) is 0.583. The monoisotopic (exact) mass is 210 g/mol. The summed E-state index contributed by atoms with van der Waals surface area (Å²) in [5.41, 5.74) is 0. The number of carbonyl (C=O) groups excluding carboxylic acids is 1. The van der Waals surface area contributed by atoms with Crippen molar-refractivity contribution in [1.82, 2.24) is 0 Å². The molecule has 0 saturated heterocycles. The minimum absolute atomic E-state index is 0.322. The van der Waals surface area contributed by atoms with Crippen LogP contribution in [0.4, 0.5) is 0 Å². The van der Waals surface area contributed by atoms with Crippen LogP contribution in [0, 0.1) is 0 Å². The molecule has 0 spiro atoms. The first-order valence-electron chi connectivity index (χ1n) is 5.39. The van der Waals surface area contributed by atoms with Gasteiger partial charge in [0.15, 0.2) is 5.78 Å². The number of rotatable bonds is 6. The number of hydrogen-bond acceptors (Lipinski definition) is 2. The van der Waals surface area contributed by atoms with E-state index in [1.807, 2.05) is 6.07 Å².